The van der Waals surface area contributed by atoms with Gasteiger partial charge in [0.2, 0.25) is 0 Å². The quantitative estimate of drug-likeness (QED) is 0.589. The molecule has 3 nitrogen and oxygen atoms in total. The Bertz CT molecular complexity index is 412. The van der Waals surface area contributed by atoms with E-state index in [0.717, 1.165) is 24.2 Å². The molecule has 0 saturated carbocycles. The van der Waals surface area contributed by atoms with Crippen LogP contribution in [0.4, 0.5) is 0 Å². The number of hydrogen-bond acceptors (Lipinski definition) is 3. The lowest BCUT2D eigenvalue weighted by molar-refractivity contribution is 0.0656. The summed E-state index contributed by atoms with van der Waals surface area (Å²) in [4.78, 5) is 10.9. The molecule has 0 bridgehead atoms. The molecule has 2 N–H and O–H groups in total. The fourth-order valence-corrected chi connectivity index (χ4v) is 2.08. The fourth-order valence-electron chi connectivity index (χ4n) is 2.08. The molecule has 66 valence electrons. The lowest BCUT2D eigenvalue weighted by Crippen LogP contribution is -2.23. The van der Waals surface area contributed by atoms with Crippen LogP contribution in [0.1, 0.15) is 21.5 Å². The lowest BCUT2D eigenvalue weighted by atomic mass is 10.0. The van der Waals surface area contributed by atoms with E-state index in [1.165, 1.54) is 5.56 Å². The molecule has 2 aliphatic rings. The number of esters is 1. The van der Waals surface area contributed by atoms with Crippen molar-refractivity contribution < 1.29 is 9.53 Å². The van der Waals surface area contributed by atoms with Gasteiger partial charge in [-0.3, -0.25) is 0 Å². The van der Waals surface area contributed by atoms with Crippen molar-refractivity contribution in [3.63, 3.8) is 0 Å². The summed E-state index contributed by atoms with van der Waals surface area (Å²) in [7, 11) is 0. The van der Waals surface area contributed by atoms with Crippen LogP contribution in [0.3, 0.4) is 0 Å². The minimum Gasteiger partial charge on any atom is -0.422 e. The molecule has 3 rings (SSSR count). The van der Waals surface area contributed by atoms with Gasteiger partial charge in [0.25, 0.3) is 0 Å². The van der Waals surface area contributed by atoms with Crippen molar-refractivity contribution in [2.75, 3.05) is 0 Å². The highest BCUT2D eigenvalue weighted by Gasteiger charge is 2.33. The predicted octanol–water partition coefficient (Wildman–Crippen LogP) is 0.645. The Kier molecular flexibility index (Phi) is 1.15. The van der Waals surface area contributed by atoms with Gasteiger partial charge in [-0.15, -0.1) is 0 Å². The molecule has 0 saturated heterocycles. The second-order valence-electron chi connectivity index (χ2n) is 3.64. The Labute approximate surface area is 75.5 Å². The molecular formula is C10H9NO2. The first-order valence-corrected chi connectivity index (χ1v) is 4.38. The second kappa shape index (κ2) is 2.12. The summed E-state index contributed by atoms with van der Waals surface area (Å²) < 4.78 is 4.98. The largest absolute Gasteiger partial charge is 0.422 e. The Hall–Kier alpha value is -1.35. The maximum atomic E-state index is 10.9. The Morgan fingerprint density at radius 1 is 1.38 bits per heavy atom. The number of rotatable bonds is 0. The van der Waals surface area contributed by atoms with Gasteiger partial charge in [-0.1, -0.05) is 6.07 Å². The van der Waals surface area contributed by atoms with Crippen molar-refractivity contribution in [2.45, 2.75) is 18.9 Å². The summed E-state index contributed by atoms with van der Waals surface area (Å²) in [6, 6.07) is 4.01. The van der Waals surface area contributed by atoms with E-state index in [9.17, 15) is 4.79 Å². The maximum absolute atomic E-state index is 10.9. The average molecular weight is 175 g/mol. The number of benzene rings is 1. The van der Waals surface area contributed by atoms with Crippen LogP contribution in [-0.4, -0.2) is 12.0 Å². The molecule has 1 atom stereocenters. The topological polar surface area (TPSA) is 52.3 Å². The first-order valence-electron chi connectivity index (χ1n) is 4.38. The number of ether oxygens (including phenoxy) is 1. The summed E-state index contributed by atoms with van der Waals surface area (Å²) in [6.07, 6.45) is 1.74. The molecule has 1 aliphatic carbocycles. The van der Waals surface area contributed by atoms with Gasteiger partial charge >= 0.3 is 5.97 Å². The summed E-state index contributed by atoms with van der Waals surface area (Å²) in [5.74, 6) is 0.564. The molecule has 1 aliphatic heterocycles. The Morgan fingerprint density at radius 2 is 2.23 bits per heavy atom. The lowest BCUT2D eigenvalue weighted by Gasteiger charge is -2.20. The van der Waals surface area contributed by atoms with E-state index in [4.69, 9.17) is 10.5 Å². The number of fused-ring (bicyclic) bond motifs is 3. The van der Waals surface area contributed by atoms with Crippen LogP contribution in [0.25, 0.3) is 0 Å². The first kappa shape index (κ1) is 7.09. The zero-order valence-electron chi connectivity index (χ0n) is 7.04. The molecular weight excluding hydrogens is 166 g/mol. The third-order valence-electron chi connectivity index (χ3n) is 2.72. The van der Waals surface area contributed by atoms with Gasteiger partial charge in [-0.2, -0.15) is 0 Å². The van der Waals surface area contributed by atoms with E-state index in [1.54, 1.807) is 0 Å². The monoisotopic (exact) mass is 175 g/mol. The Balaban J connectivity index is 2.18. The van der Waals surface area contributed by atoms with Gasteiger partial charge < -0.3 is 10.5 Å². The SMILES string of the molecule is NC1Cc2ccc3c(c2C1)OC3=O. The standard InChI is InChI=1S/C10H9NO2/c11-6-3-5-1-2-7-9(8(5)4-6)13-10(7)12/h1-2,6H,3-4,11H2. The summed E-state index contributed by atoms with van der Waals surface area (Å²) in [5.41, 5.74) is 8.92. The summed E-state index contributed by atoms with van der Waals surface area (Å²) >= 11 is 0. The van der Waals surface area contributed by atoms with E-state index >= 15 is 0 Å². The number of carbonyl (C=O) groups is 1. The highest BCUT2D eigenvalue weighted by Crippen LogP contribution is 2.39. The molecule has 1 aromatic rings. The van der Waals surface area contributed by atoms with E-state index < -0.39 is 0 Å². The number of hydrogen-bond donors (Lipinski definition) is 1. The van der Waals surface area contributed by atoms with Crippen molar-refractivity contribution in [1.82, 2.24) is 0 Å². The van der Waals surface area contributed by atoms with Crippen molar-refractivity contribution in [1.29, 1.82) is 0 Å². The van der Waals surface area contributed by atoms with E-state index in [1.807, 2.05) is 12.1 Å². The minimum absolute atomic E-state index is 0.195. The average Bonchev–Trinajstić information content (AvgIpc) is 2.43. The second-order valence-corrected chi connectivity index (χ2v) is 3.64. The van der Waals surface area contributed by atoms with Gasteiger partial charge in [0.1, 0.15) is 11.3 Å². The van der Waals surface area contributed by atoms with Crippen molar-refractivity contribution >= 4 is 5.97 Å². The zero-order chi connectivity index (χ0) is 9.00. The molecule has 0 spiro atoms. The summed E-state index contributed by atoms with van der Waals surface area (Å²) in [5, 5.41) is 0. The normalized spacial score (nSPS) is 23.2. The molecule has 0 amide bonds. The van der Waals surface area contributed by atoms with Crippen LogP contribution >= 0.6 is 0 Å². The van der Waals surface area contributed by atoms with Crippen LogP contribution in [0.5, 0.6) is 5.75 Å². The molecule has 1 heterocycles. The number of carbonyl (C=O) groups excluding carboxylic acids is 1. The maximum Gasteiger partial charge on any atom is 0.347 e. The summed E-state index contributed by atoms with van der Waals surface area (Å²) in [6.45, 7) is 0. The van der Waals surface area contributed by atoms with Gasteiger partial charge in [0.15, 0.2) is 0 Å². The minimum atomic E-state index is -0.210. The smallest absolute Gasteiger partial charge is 0.347 e. The molecule has 0 radical (unpaired) electrons. The van der Waals surface area contributed by atoms with Crippen LogP contribution in [0, 0.1) is 0 Å². The van der Waals surface area contributed by atoms with E-state index in [-0.39, 0.29) is 12.0 Å². The highest BCUT2D eigenvalue weighted by atomic mass is 16.6. The van der Waals surface area contributed by atoms with E-state index in [2.05, 4.69) is 0 Å². The fraction of sp³-hybridized carbons (Fsp3) is 0.300. The van der Waals surface area contributed by atoms with Crippen LogP contribution in [-0.2, 0) is 12.8 Å². The van der Waals surface area contributed by atoms with E-state index in [0.29, 0.717) is 5.56 Å². The van der Waals surface area contributed by atoms with Gasteiger partial charge in [-0.05, 0) is 24.5 Å². The first-order chi connectivity index (χ1) is 6.25. The number of nitrogens with two attached hydrogens (primary N) is 1. The molecule has 0 fully saturated rings. The molecule has 13 heavy (non-hydrogen) atoms. The van der Waals surface area contributed by atoms with Crippen LogP contribution in [0.15, 0.2) is 12.1 Å². The molecule has 1 aromatic carbocycles. The van der Waals surface area contributed by atoms with Gasteiger partial charge in [0, 0.05) is 11.6 Å². The van der Waals surface area contributed by atoms with Crippen molar-refractivity contribution in [3.8, 4) is 5.75 Å². The molecule has 3 heteroatoms. The van der Waals surface area contributed by atoms with Gasteiger partial charge in [0.05, 0.1) is 0 Å². The zero-order valence-corrected chi connectivity index (χ0v) is 7.04. The van der Waals surface area contributed by atoms with Crippen LogP contribution in [0.2, 0.25) is 0 Å². The van der Waals surface area contributed by atoms with Crippen molar-refractivity contribution in [2.24, 2.45) is 5.73 Å². The molecule has 1 unspecified atom stereocenters. The van der Waals surface area contributed by atoms with Crippen LogP contribution < -0.4 is 10.5 Å². The van der Waals surface area contributed by atoms with Gasteiger partial charge in [-0.25, -0.2) is 4.79 Å². The Morgan fingerprint density at radius 3 is 3.00 bits per heavy atom. The molecule has 0 aromatic heterocycles. The third-order valence-corrected chi connectivity index (χ3v) is 2.72. The third kappa shape index (κ3) is 0.795. The predicted molar refractivity (Wildman–Crippen MR) is 46.8 cm³/mol. The highest BCUT2D eigenvalue weighted by molar-refractivity contribution is 6.02. The van der Waals surface area contributed by atoms with Crippen molar-refractivity contribution in [3.05, 3.63) is 28.8 Å².